The summed E-state index contributed by atoms with van der Waals surface area (Å²) in [7, 11) is 0. The average molecular weight is 279 g/mol. The van der Waals surface area contributed by atoms with Crippen molar-refractivity contribution in [2.24, 2.45) is 17.8 Å². The highest BCUT2D eigenvalue weighted by Gasteiger charge is 2.56. The van der Waals surface area contributed by atoms with Gasteiger partial charge in [-0.05, 0) is 44.1 Å². The molecule has 1 aromatic rings. The van der Waals surface area contributed by atoms with Gasteiger partial charge in [-0.3, -0.25) is 4.79 Å². The summed E-state index contributed by atoms with van der Waals surface area (Å²) in [6.45, 7) is 3.67. The second-order valence-electron chi connectivity index (χ2n) is 5.57. The first-order chi connectivity index (χ1) is 9.00. The molecule has 0 spiro atoms. The second-order valence-corrected chi connectivity index (χ2v) is 6.79. The molecule has 0 aromatic carbocycles. The zero-order chi connectivity index (χ0) is 13.7. The number of aromatic carboxylic acids is 1. The van der Waals surface area contributed by atoms with Crippen molar-refractivity contribution in [3.63, 3.8) is 0 Å². The van der Waals surface area contributed by atoms with E-state index in [9.17, 15) is 14.7 Å². The molecular weight excluding hydrogens is 262 g/mol. The maximum atomic E-state index is 12.2. The maximum Gasteiger partial charge on any atom is 0.338 e. The Kier molecular flexibility index (Phi) is 2.89. The zero-order valence-corrected chi connectivity index (χ0v) is 11.8. The fourth-order valence-electron chi connectivity index (χ4n) is 3.38. The molecule has 3 rings (SSSR count). The number of carbonyl (C=O) groups is 2. The number of hydrogen-bond donors (Lipinski definition) is 2. The van der Waals surface area contributed by atoms with Crippen molar-refractivity contribution >= 4 is 28.2 Å². The number of hydrogen-bond acceptors (Lipinski definition) is 3. The first-order valence-corrected chi connectivity index (χ1v) is 7.46. The van der Waals surface area contributed by atoms with Crippen molar-refractivity contribution in [1.29, 1.82) is 0 Å². The molecule has 19 heavy (non-hydrogen) atoms. The highest BCUT2D eigenvalue weighted by atomic mass is 32.1. The molecule has 2 unspecified atom stereocenters. The van der Waals surface area contributed by atoms with Crippen molar-refractivity contribution < 1.29 is 14.7 Å². The molecule has 0 radical (unpaired) electrons. The lowest BCUT2D eigenvalue weighted by Crippen LogP contribution is -2.17. The van der Waals surface area contributed by atoms with Gasteiger partial charge in [0.25, 0.3) is 0 Å². The van der Waals surface area contributed by atoms with Gasteiger partial charge in [0.15, 0.2) is 0 Å². The molecule has 2 saturated carbocycles. The lowest BCUT2D eigenvalue weighted by atomic mass is 10.1. The first-order valence-electron chi connectivity index (χ1n) is 6.65. The lowest BCUT2D eigenvalue weighted by Gasteiger charge is -2.06. The molecule has 2 aliphatic carbocycles. The normalized spacial score (nSPS) is 28.0. The molecular formula is C14H17NO3S. The molecule has 0 aliphatic heterocycles. The van der Waals surface area contributed by atoms with Crippen LogP contribution in [0.4, 0.5) is 5.00 Å². The number of rotatable bonds is 3. The van der Waals surface area contributed by atoms with Gasteiger partial charge in [0.2, 0.25) is 5.91 Å². The Balaban J connectivity index is 1.78. The van der Waals surface area contributed by atoms with Crippen LogP contribution in [0.15, 0.2) is 0 Å². The minimum atomic E-state index is -0.965. The van der Waals surface area contributed by atoms with E-state index in [1.165, 1.54) is 17.8 Å². The monoisotopic (exact) mass is 279 g/mol. The quantitative estimate of drug-likeness (QED) is 0.893. The van der Waals surface area contributed by atoms with Crippen LogP contribution in [-0.2, 0) is 4.79 Å². The van der Waals surface area contributed by atoms with Gasteiger partial charge in [-0.2, -0.15) is 0 Å². The van der Waals surface area contributed by atoms with Crippen LogP contribution in [0.3, 0.4) is 0 Å². The van der Waals surface area contributed by atoms with Crippen molar-refractivity contribution in [1.82, 2.24) is 0 Å². The third-order valence-electron chi connectivity index (χ3n) is 4.55. The molecule has 1 amide bonds. The predicted molar refractivity (Wildman–Crippen MR) is 73.7 cm³/mol. The van der Waals surface area contributed by atoms with Crippen molar-refractivity contribution in [3.8, 4) is 0 Å². The Hall–Kier alpha value is -1.36. The summed E-state index contributed by atoms with van der Waals surface area (Å²) in [6, 6.07) is 0. The third-order valence-corrected chi connectivity index (χ3v) is 5.67. The van der Waals surface area contributed by atoms with Crippen LogP contribution >= 0.6 is 11.3 Å². The van der Waals surface area contributed by atoms with Gasteiger partial charge in [-0.15, -0.1) is 11.3 Å². The molecule has 2 N–H and O–H groups in total. The molecule has 1 heterocycles. The summed E-state index contributed by atoms with van der Waals surface area (Å²) in [5, 5.41) is 12.6. The molecule has 2 aliphatic rings. The van der Waals surface area contributed by atoms with Gasteiger partial charge < -0.3 is 10.4 Å². The molecule has 2 fully saturated rings. The third kappa shape index (κ3) is 1.96. The number of carboxylic acid groups (broad SMARTS) is 1. The number of carboxylic acids is 1. The van der Waals surface area contributed by atoms with Gasteiger partial charge in [0.1, 0.15) is 5.00 Å². The molecule has 0 saturated heterocycles. The smallest absolute Gasteiger partial charge is 0.338 e. The maximum absolute atomic E-state index is 12.2. The summed E-state index contributed by atoms with van der Waals surface area (Å²) in [6.07, 6.45) is 3.53. The molecule has 4 nitrogen and oxygen atoms in total. The number of anilines is 1. The SMILES string of the molecule is Cc1sc(NC(=O)C2C3CCCC32)c(C(=O)O)c1C. The Bertz CT molecular complexity index is 553. The Morgan fingerprint density at radius 2 is 1.89 bits per heavy atom. The van der Waals surface area contributed by atoms with E-state index >= 15 is 0 Å². The minimum Gasteiger partial charge on any atom is -0.478 e. The van der Waals surface area contributed by atoms with Crippen LogP contribution in [0.25, 0.3) is 0 Å². The first kappa shape index (κ1) is 12.7. The van der Waals surface area contributed by atoms with Crippen LogP contribution in [0.1, 0.15) is 40.1 Å². The lowest BCUT2D eigenvalue weighted by molar-refractivity contribution is -0.118. The van der Waals surface area contributed by atoms with Crippen LogP contribution in [0, 0.1) is 31.6 Å². The van der Waals surface area contributed by atoms with Gasteiger partial charge in [0, 0.05) is 10.8 Å². The molecule has 5 heteroatoms. The van der Waals surface area contributed by atoms with Crippen LogP contribution in [-0.4, -0.2) is 17.0 Å². The topological polar surface area (TPSA) is 66.4 Å². The number of amides is 1. The van der Waals surface area contributed by atoms with E-state index in [0.29, 0.717) is 16.8 Å². The number of fused-ring (bicyclic) bond motifs is 1. The molecule has 1 aromatic heterocycles. The minimum absolute atomic E-state index is 0.0125. The van der Waals surface area contributed by atoms with Crippen LogP contribution < -0.4 is 5.32 Å². The molecule has 0 bridgehead atoms. The number of carbonyl (C=O) groups excluding carboxylic acids is 1. The van der Waals surface area contributed by atoms with E-state index in [4.69, 9.17) is 0 Å². The fraction of sp³-hybridized carbons (Fsp3) is 0.571. The standard InChI is InChI=1S/C14H17NO3S/c1-6-7(2)19-13(10(6)14(17)18)15-12(16)11-8-4-3-5-9(8)11/h8-9,11H,3-5H2,1-2H3,(H,15,16)(H,17,18). The van der Waals surface area contributed by atoms with Crippen LogP contribution in [0.2, 0.25) is 0 Å². The summed E-state index contributed by atoms with van der Waals surface area (Å²) >= 11 is 1.36. The predicted octanol–water partition coefficient (Wildman–Crippen LogP) is 3.05. The van der Waals surface area contributed by atoms with Gasteiger partial charge in [-0.1, -0.05) is 6.42 Å². The van der Waals surface area contributed by atoms with E-state index < -0.39 is 5.97 Å². The van der Waals surface area contributed by atoms with E-state index in [-0.39, 0.29) is 17.4 Å². The zero-order valence-electron chi connectivity index (χ0n) is 11.0. The highest BCUT2D eigenvalue weighted by molar-refractivity contribution is 7.16. The summed E-state index contributed by atoms with van der Waals surface area (Å²) < 4.78 is 0. The van der Waals surface area contributed by atoms with E-state index in [1.54, 1.807) is 6.92 Å². The summed E-state index contributed by atoms with van der Waals surface area (Å²) in [4.78, 5) is 24.4. The van der Waals surface area contributed by atoms with Crippen molar-refractivity contribution in [2.75, 3.05) is 5.32 Å². The number of aryl methyl sites for hydroxylation is 1. The van der Waals surface area contributed by atoms with E-state index in [0.717, 1.165) is 23.3 Å². The van der Waals surface area contributed by atoms with Crippen molar-refractivity contribution in [3.05, 3.63) is 16.0 Å². The average Bonchev–Trinajstić information content (AvgIpc) is 2.67. The second kappa shape index (κ2) is 4.34. The van der Waals surface area contributed by atoms with E-state index in [2.05, 4.69) is 5.32 Å². The van der Waals surface area contributed by atoms with Crippen LogP contribution in [0.5, 0.6) is 0 Å². The Labute approximate surface area is 115 Å². The molecule has 2 atom stereocenters. The fourth-order valence-corrected chi connectivity index (χ4v) is 4.43. The van der Waals surface area contributed by atoms with Gasteiger partial charge in [-0.25, -0.2) is 4.79 Å². The molecule has 102 valence electrons. The van der Waals surface area contributed by atoms with Crippen molar-refractivity contribution in [2.45, 2.75) is 33.1 Å². The Morgan fingerprint density at radius 3 is 2.47 bits per heavy atom. The highest BCUT2D eigenvalue weighted by Crippen LogP contribution is 2.57. The van der Waals surface area contributed by atoms with Gasteiger partial charge >= 0.3 is 5.97 Å². The van der Waals surface area contributed by atoms with E-state index in [1.807, 2.05) is 6.92 Å². The Morgan fingerprint density at radius 1 is 1.26 bits per heavy atom. The summed E-state index contributed by atoms with van der Waals surface area (Å²) in [5.74, 6) is 0.274. The number of thiophene rings is 1. The number of nitrogens with one attached hydrogen (secondary N) is 1. The van der Waals surface area contributed by atoms with Gasteiger partial charge in [0.05, 0.1) is 5.56 Å². The largest absolute Gasteiger partial charge is 0.478 e. The summed E-state index contributed by atoms with van der Waals surface area (Å²) in [5.41, 5.74) is 1.01.